The molecule has 0 radical (unpaired) electrons. The molecule has 0 aliphatic heterocycles. The lowest BCUT2D eigenvalue weighted by molar-refractivity contribution is -0.129. The Morgan fingerprint density at radius 1 is 1.31 bits per heavy atom. The molecular weight excluding hydrogens is 200 g/mol. The molecule has 0 atom stereocenters. The molecule has 88 valence electrons. The van der Waals surface area contributed by atoms with Crippen LogP contribution in [0.3, 0.4) is 0 Å². The summed E-state index contributed by atoms with van der Waals surface area (Å²) in [5, 5.41) is 1.67. The highest BCUT2D eigenvalue weighted by Gasteiger charge is 2.29. The minimum Gasteiger partial charge on any atom is -0.289 e. The van der Waals surface area contributed by atoms with Gasteiger partial charge >= 0.3 is 0 Å². The normalized spacial score (nSPS) is 11.6. The summed E-state index contributed by atoms with van der Waals surface area (Å²) >= 11 is 0. The largest absolute Gasteiger partial charge is 0.289 e. The van der Waals surface area contributed by atoms with Gasteiger partial charge in [-0.3, -0.25) is 10.2 Å². The zero-order valence-electron chi connectivity index (χ0n) is 10.7. The lowest BCUT2D eigenvalue weighted by Crippen LogP contribution is -2.46. The topological polar surface area (TPSA) is 32.3 Å². The fraction of sp³-hybridized carbons (Fsp3) is 0.462. The molecular formula is C13H20N2O. The van der Waals surface area contributed by atoms with Crippen LogP contribution < -0.4 is 5.43 Å². The van der Waals surface area contributed by atoms with Crippen molar-refractivity contribution in [1.82, 2.24) is 10.4 Å². The second kappa shape index (κ2) is 4.66. The van der Waals surface area contributed by atoms with Crippen molar-refractivity contribution in [2.45, 2.75) is 26.2 Å². The van der Waals surface area contributed by atoms with E-state index in [4.69, 9.17) is 0 Å². The Morgan fingerprint density at radius 3 is 2.44 bits per heavy atom. The van der Waals surface area contributed by atoms with Gasteiger partial charge in [0, 0.05) is 14.1 Å². The number of hydrogen-bond donors (Lipinski definition) is 1. The molecule has 0 aliphatic carbocycles. The molecule has 0 aliphatic rings. The SMILES string of the molecule is Cc1cccc(C(C)(C)C(=O)NN(C)C)c1. The zero-order valence-corrected chi connectivity index (χ0v) is 10.7. The first-order valence-corrected chi connectivity index (χ1v) is 5.39. The van der Waals surface area contributed by atoms with Gasteiger partial charge in [0.05, 0.1) is 5.41 Å². The van der Waals surface area contributed by atoms with Gasteiger partial charge in [0.2, 0.25) is 5.91 Å². The van der Waals surface area contributed by atoms with Gasteiger partial charge in [-0.15, -0.1) is 0 Å². The number of hydrogen-bond acceptors (Lipinski definition) is 2. The first-order valence-electron chi connectivity index (χ1n) is 5.39. The highest BCUT2D eigenvalue weighted by molar-refractivity contribution is 5.86. The molecule has 0 unspecified atom stereocenters. The van der Waals surface area contributed by atoms with Gasteiger partial charge in [0.1, 0.15) is 0 Å². The third kappa shape index (κ3) is 2.83. The van der Waals surface area contributed by atoms with Crippen LogP contribution >= 0.6 is 0 Å². The van der Waals surface area contributed by atoms with Gasteiger partial charge in [-0.05, 0) is 26.3 Å². The number of rotatable bonds is 3. The van der Waals surface area contributed by atoms with Crippen molar-refractivity contribution < 1.29 is 4.79 Å². The van der Waals surface area contributed by atoms with Crippen LogP contribution in [0.5, 0.6) is 0 Å². The molecule has 0 fully saturated rings. The standard InChI is InChI=1S/C13H20N2O/c1-10-7-6-8-11(9-10)13(2,3)12(16)14-15(4)5/h6-9H,1-5H3,(H,14,16). The minimum atomic E-state index is -0.518. The van der Waals surface area contributed by atoms with E-state index < -0.39 is 5.41 Å². The first-order chi connectivity index (χ1) is 7.34. The highest BCUT2D eigenvalue weighted by Crippen LogP contribution is 2.24. The number of nitrogens with zero attached hydrogens (tertiary/aromatic N) is 1. The van der Waals surface area contributed by atoms with Crippen molar-refractivity contribution in [3.63, 3.8) is 0 Å². The Labute approximate surface area is 97.4 Å². The first kappa shape index (κ1) is 12.7. The van der Waals surface area contributed by atoms with E-state index in [1.165, 1.54) is 5.56 Å². The number of amides is 1. The molecule has 3 heteroatoms. The van der Waals surface area contributed by atoms with Gasteiger partial charge in [-0.25, -0.2) is 5.01 Å². The molecule has 1 N–H and O–H groups in total. The molecule has 0 heterocycles. The molecule has 0 spiro atoms. The Bertz CT molecular complexity index is 383. The van der Waals surface area contributed by atoms with Crippen LogP contribution in [0, 0.1) is 6.92 Å². The minimum absolute atomic E-state index is 0.00287. The molecule has 1 aromatic rings. The van der Waals surface area contributed by atoms with Crippen molar-refractivity contribution in [2.24, 2.45) is 0 Å². The molecule has 0 bridgehead atoms. The Kier molecular flexibility index (Phi) is 3.70. The summed E-state index contributed by atoms with van der Waals surface area (Å²) in [7, 11) is 3.62. The number of aryl methyl sites for hydroxylation is 1. The predicted octanol–water partition coefficient (Wildman–Crippen LogP) is 1.87. The molecule has 0 saturated heterocycles. The molecule has 0 aromatic heterocycles. The van der Waals surface area contributed by atoms with Crippen LogP contribution in [-0.2, 0) is 10.2 Å². The average Bonchev–Trinajstić information content (AvgIpc) is 2.16. The maximum absolute atomic E-state index is 12.0. The van der Waals surface area contributed by atoms with Gasteiger partial charge in [0.25, 0.3) is 0 Å². The molecule has 1 aromatic carbocycles. The fourth-order valence-electron chi connectivity index (χ4n) is 1.51. The lowest BCUT2D eigenvalue weighted by Gasteiger charge is -2.26. The van der Waals surface area contributed by atoms with E-state index in [2.05, 4.69) is 11.5 Å². The van der Waals surface area contributed by atoms with Gasteiger partial charge in [0.15, 0.2) is 0 Å². The van der Waals surface area contributed by atoms with Gasteiger partial charge in [-0.2, -0.15) is 0 Å². The molecule has 1 rings (SSSR count). The van der Waals surface area contributed by atoms with Crippen molar-refractivity contribution in [1.29, 1.82) is 0 Å². The Balaban J connectivity index is 2.97. The van der Waals surface area contributed by atoms with Crippen molar-refractivity contribution in [3.05, 3.63) is 35.4 Å². The van der Waals surface area contributed by atoms with Crippen molar-refractivity contribution in [2.75, 3.05) is 14.1 Å². The lowest BCUT2D eigenvalue weighted by atomic mass is 9.83. The van der Waals surface area contributed by atoms with E-state index in [-0.39, 0.29) is 5.91 Å². The number of nitrogens with one attached hydrogen (secondary N) is 1. The van der Waals surface area contributed by atoms with E-state index >= 15 is 0 Å². The summed E-state index contributed by atoms with van der Waals surface area (Å²) in [5.74, 6) is 0.00287. The molecule has 16 heavy (non-hydrogen) atoms. The van der Waals surface area contributed by atoms with Crippen molar-refractivity contribution >= 4 is 5.91 Å². The summed E-state index contributed by atoms with van der Waals surface area (Å²) in [6.07, 6.45) is 0. The quantitative estimate of drug-likeness (QED) is 0.789. The average molecular weight is 220 g/mol. The summed E-state index contributed by atoms with van der Waals surface area (Å²) in [6, 6.07) is 8.05. The smallest absolute Gasteiger partial charge is 0.244 e. The number of benzene rings is 1. The summed E-state index contributed by atoms with van der Waals surface area (Å²) in [5.41, 5.74) is 4.48. The summed E-state index contributed by atoms with van der Waals surface area (Å²) in [4.78, 5) is 12.0. The summed E-state index contributed by atoms with van der Waals surface area (Å²) < 4.78 is 0. The van der Waals surface area contributed by atoms with Crippen LogP contribution in [0.15, 0.2) is 24.3 Å². The molecule has 3 nitrogen and oxygen atoms in total. The van der Waals surface area contributed by atoms with Gasteiger partial charge in [-0.1, -0.05) is 29.8 Å². The van der Waals surface area contributed by atoms with Gasteiger partial charge < -0.3 is 0 Å². The zero-order chi connectivity index (χ0) is 12.3. The van der Waals surface area contributed by atoms with E-state index in [1.807, 2.05) is 53.1 Å². The highest BCUT2D eigenvalue weighted by atomic mass is 16.2. The maximum Gasteiger partial charge on any atom is 0.244 e. The number of carbonyl (C=O) groups is 1. The third-order valence-corrected chi connectivity index (χ3v) is 2.63. The van der Waals surface area contributed by atoms with Crippen LogP contribution in [0.25, 0.3) is 0 Å². The van der Waals surface area contributed by atoms with Crippen LogP contribution in [0.4, 0.5) is 0 Å². The second-order valence-corrected chi connectivity index (χ2v) is 4.83. The van der Waals surface area contributed by atoms with E-state index in [0.29, 0.717) is 0 Å². The van der Waals surface area contributed by atoms with E-state index in [0.717, 1.165) is 5.56 Å². The van der Waals surface area contributed by atoms with Crippen LogP contribution in [-0.4, -0.2) is 25.0 Å². The second-order valence-electron chi connectivity index (χ2n) is 4.83. The monoisotopic (exact) mass is 220 g/mol. The van der Waals surface area contributed by atoms with Crippen LogP contribution in [0.2, 0.25) is 0 Å². The molecule has 1 amide bonds. The predicted molar refractivity (Wildman–Crippen MR) is 66.0 cm³/mol. The van der Waals surface area contributed by atoms with Crippen LogP contribution in [0.1, 0.15) is 25.0 Å². The van der Waals surface area contributed by atoms with E-state index in [1.54, 1.807) is 5.01 Å². The Morgan fingerprint density at radius 2 is 1.94 bits per heavy atom. The molecule has 0 saturated carbocycles. The maximum atomic E-state index is 12.0. The third-order valence-electron chi connectivity index (χ3n) is 2.63. The number of hydrazine groups is 1. The van der Waals surface area contributed by atoms with Crippen molar-refractivity contribution in [3.8, 4) is 0 Å². The fourth-order valence-corrected chi connectivity index (χ4v) is 1.51. The van der Waals surface area contributed by atoms with E-state index in [9.17, 15) is 4.79 Å². The summed E-state index contributed by atoms with van der Waals surface area (Å²) in [6.45, 7) is 5.89. The number of carbonyl (C=O) groups excluding carboxylic acids is 1. The Hall–Kier alpha value is -1.35.